The molecule has 0 spiro atoms. The van der Waals surface area contributed by atoms with Crippen LogP contribution in [0.2, 0.25) is 0 Å². The van der Waals surface area contributed by atoms with Gasteiger partial charge in [-0.1, -0.05) is 322 Å². The molecule has 0 amide bonds. The summed E-state index contributed by atoms with van der Waals surface area (Å²) in [6, 6.07) is 131. The van der Waals surface area contributed by atoms with Gasteiger partial charge in [0.1, 0.15) is 11.4 Å². The van der Waals surface area contributed by atoms with Crippen molar-refractivity contribution in [3.05, 3.63) is 389 Å². The van der Waals surface area contributed by atoms with Crippen LogP contribution in [-0.2, 0) is 0 Å². The highest BCUT2D eigenvalue weighted by Gasteiger charge is 2.21. The van der Waals surface area contributed by atoms with E-state index in [9.17, 15) is 0 Å². The second-order valence-corrected chi connectivity index (χ2v) is 27.9. The Morgan fingerprint density at radius 3 is 0.920 bits per heavy atom. The van der Waals surface area contributed by atoms with Crippen LogP contribution in [0.1, 0.15) is 0 Å². The zero-order valence-electron chi connectivity index (χ0n) is 60.4. The van der Waals surface area contributed by atoms with E-state index < -0.39 is 0 Å². The minimum Gasteiger partial charge on any atom is -0.253 e. The third-order valence-corrected chi connectivity index (χ3v) is 20.9. The second kappa shape index (κ2) is 28.8. The topological polar surface area (TPSA) is 129 Å². The highest BCUT2D eigenvalue weighted by molar-refractivity contribution is 6.15. The highest BCUT2D eigenvalue weighted by atomic mass is 15.1. The van der Waals surface area contributed by atoms with Gasteiger partial charge in [-0.25, -0.2) is 39.9 Å². The second-order valence-electron chi connectivity index (χ2n) is 27.9. The van der Waals surface area contributed by atoms with Gasteiger partial charge in [-0.2, -0.15) is 0 Å². The molecule has 0 fully saturated rings. The van der Waals surface area contributed by atoms with Crippen LogP contribution in [0.3, 0.4) is 0 Å². The van der Waals surface area contributed by atoms with E-state index in [0.29, 0.717) is 46.3 Å². The predicted octanol–water partition coefficient (Wildman–Crippen LogP) is 25.3. The molecule has 14 aromatic carbocycles. The Bertz CT molecular complexity index is 6810. The van der Waals surface area contributed by atoms with E-state index in [4.69, 9.17) is 44.9 Å². The molecular formula is C102H64N10. The van der Waals surface area contributed by atoms with Crippen molar-refractivity contribution in [2.24, 2.45) is 0 Å². The number of benzene rings is 14. The quantitative estimate of drug-likeness (QED) is 0.0915. The molecule has 0 saturated carbocycles. The first-order valence-corrected chi connectivity index (χ1v) is 37.4. The van der Waals surface area contributed by atoms with Gasteiger partial charge < -0.3 is 0 Å². The van der Waals surface area contributed by atoms with Crippen molar-refractivity contribution in [1.29, 1.82) is 0 Å². The van der Waals surface area contributed by atoms with E-state index in [1.165, 1.54) is 10.8 Å². The zero-order chi connectivity index (χ0) is 74.3. The van der Waals surface area contributed by atoms with Crippen LogP contribution in [0.4, 0.5) is 0 Å². The van der Waals surface area contributed by atoms with Gasteiger partial charge in [-0.3, -0.25) is 9.97 Å². The number of aromatic nitrogens is 10. The van der Waals surface area contributed by atoms with E-state index in [1.807, 2.05) is 42.6 Å². The minimum absolute atomic E-state index is 0.444. The smallest absolute Gasteiger partial charge is 0.182 e. The number of hydrogen-bond donors (Lipinski definition) is 0. The molecular weight excluding hydrogens is 1370 g/mol. The van der Waals surface area contributed by atoms with Crippen molar-refractivity contribution >= 4 is 43.4 Å². The molecule has 0 aliphatic rings. The van der Waals surface area contributed by atoms with E-state index in [1.54, 1.807) is 6.20 Å². The third kappa shape index (κ3) is 13.0. The van der Waals surface area contributed by atoms with Crippen molar-refractivity contribution in [2.45, 2.75) is 0 Å². The van der Waals surface area contributed by atoms with Crippen LogP contribution in [0.15, 0.2) is 389 Å². The Labute approximate surface area is 646 Å². The van der Waals surface area contributed by atoms with Crippen LogP contribution < -0.4 is 0 Å². The van der Waals surface area contributed by atoms with Gasteiger partial charge in [-0.05, 0) is 148 Å². The standard InChI is InChI=1S/C102H64N10/c1-4-18-65(19-5-1)80-26-16-28-82(60-80)99-107-97(108-100(109-99)83-29-17-27-81(61-83)66-20-6-2-7-21-66)78-49-39-69(40-50-78)67-37-47-77(48-38-67)94-63-88(96-86-31-13-11-25-74(86)54-57-90(96)106-94)75-43-33-71(34-44-75)84-55-58-92(104-64-84)102-111-98(110-101(112-102)91-32-14-15-59-103-91)79-51-41-70(42-52-79)68-35-45-76(46-36-68)93-62-87(72-22-8-3-9-23-72)95-85-30-12-10-24-73(85)53-56-89(95)105-93/h1-64H. The van der Waals surface area contributed by atoms with Crippen molar-refractivity contribution < 1.29 is 0 Å². The summed E-state index contributed by atoms with van der Waals surface area (Å²) in [5.74, 6) is 3.21. The zero-order valence-corrected chi connectivity index (χ0v) is 60.4. The molecule has 10 heteroatoms. The molecule has 0 saturated heterocycles. The Hall–Kier alpha value is -15.3. The number of rotatable bonds is 15. The molecule has 0 radical (unpaired) electrons. The summed E-state index contributed by atoms with van der Waals surface area (Å²) in [4.78, 5) is 50.8. The molecule has 0 N–H and O–H groups in total. The maximum Gasteiger partial charge on any atom is 0.182 e. The molecule has 0 bridgehead atoms. The maximum atomic E-state index is 5.37. The van der Waals surface area contributed by atoms with E-state index in [0.717, 1.165) is 155 Å². The molecule has 0 aliphatic carbocycles. The largest absolute Gasteiger partial charge is 0.253 e. The molecule has 0 atom stereocenters. The van der Waals surface area contributed by atoms with Gasteiger partial charge in [0.2, 0.25) is 0 Å². The maximum absolute atomic E-state index is 5.37. The Morgan fingerprint density at radius 2 is 0.482 bits per heavy atom. The fraction of sp³-hybridized carbons (Fsp3) is 0. The van der Waals surface area contributed by atoms with Crippen molar-refractivity contribution in [1.82, 2.24) is 49.8 Å². The summed E-state index contributed by atoms with van der Waals surface area (Å²) in [5.41, 5.74) is 25.7. The van der Waals surface area contributed by atoms with E-state index >= 15 is 0 Å². The van der Waals surface area contributed by atoms with E-state index in [2.05, 4.69) is 345 Å². The van der Waals surface area contributed by atoms with Crippen LogP contribution in [0.25, 0.3) is 212 Å². The summed E-state index contributed by atoms with van der Waals surface area (Å²) in [6.45, 7) is 0. The average molecular weight is 1430 g/mol. The third-order valence-electron chi connectivity index (χ3n) is 20.9. The molecule has 0 unspecified atom stereocenters. The average Bonchev–Trinajstić information content (AvgIpc) is 0.748. The molecule has 112 heavy (non-hydrogen) atoms. The van der Waals surface area contributed by atoms with Crippen LogP contribution in [0, 0.1) is 0 Å². The van der Waals surface area contributed by atoms with Gasteiger partial charge in [-0.15, -0.1) is 0 Å². The fourth-order valence-corrected chi connectivity index (χ4v) is 15.1. The molecule has 0 aliphatic heterocycles. The van der Waals surface area contributed by atoms with Gasteiger partial charge in [0, 0.05) is 62.1 Å². The lowest BCUT2D eigenvalue weighted by Crippen LogP contribution is -2.02. The summed E-state index contributed by atoms with van der Waals surface area (Å²) >= 11 is 0. The Morgan fingerprint density at radius 1 is 0.161 bits per heavy atom. The first-order chi connectivity index (χ1) is 55.4. The number of fused-ring (bicyclic) bond motifs is 6. The lowest BCUT2D eigenvalue weighted by atomic mass is 9.93. The first-order valence-electron chi connectivity index (χ1n) is 37.4. The van der Waals surface area contributed by atoms with Gasteiger partial charge in [0.05, 0.1) is 22.4 Å². The molecule has 6 aromatic heterocycles. The van der Waals surface area contributed by atoms with Gasteiger partial charge >= 0.3 is 0 Å². The number of nitrogens with zero attached hydrogens (tertiary/aromatic N) is 10. The monoisotopic (exact) mass is 1430 g/mol. The number of pyridine rings is 4. The highest BCUT2D eigenvalue weighted by Crippen LogP contribution is 2.42. The SMILES string of the molecule is c1ccc(-c2cccc(-c3nc(-c4ccc(-c5ccc(-c6cc(-c7ccc(-c8ccc(-c9nc(-c%10ccc(-c%11ccc(-c%12cc(-c%13ccccc%13)c%13c(ccc%14ccccc%14%13)n%12)cc%11)cc%10)nc(-c%10ccccn%10)n9)nc8)cc7)c7c(ccc8ccccc87)n6)cc5)cc4)nc(-c4cccc(-c5ccccc5)c4)n3)c2)cc1. The molecule has 522 valence electrons. The lowest BCUT2D eigenvalue weighted by Gasteiger charge is -2.14. The van der Waals surface area contributed by atoms with Crippen molar-refractivity contribution in [2.75, 3.05) is 0 Å². The van der Waals surface area contributed by atoms with Gasteiger partial charge in [0.15, 0.2) is 34.9 Å². The first kappa shape index (κ1) is 66.2. The summed E-state index contributed by atoms with van der Waals surface area (Å²) in [5, 5.41) is 6.94. The van der Waals surface area contributed by atoms with Crippen LogP contribution in [-0.4, -0.2) is 49.8 Å². The molecule has 6 heterocycles. The lowest BCUT2D eigenvalue weighted by molar-refractivity contribution is 1.05. The van der Waals surface area contributed by atoms with Crippen LogP contribution in [0.5, 0.6) is 0 Å². The normalized spacial score (nSPS) is 11.4. The minimum atomic E-state index is 0.444. The fourth-order valence-electron chi connectivity index (χ4n) is 15.1. The van der Waals surface area contributed by atoms with Crippen molar-refractivity contribution in [3.63, 3.8) is 0 Å². The summed E-state index contributed by atoms with van der Waals surface area (Å²) in [6.07, 6.45) is 3.64. The van der Waals surface area contributed by atoms with E-state index in [-0.39, 0.29) is 0 Å². The summed E-state index contributed by atoms with van der Waals surface area (Å²) < 4.78 is 0. The Kier molecular flexibility index (Phi) is 17.0. The Balaban J connectivity index is 0.566. The van der Waals surface area contributed by atoms with Crippen LogP contribution >= 0.6 is 0 Å². The number of hydrogen-bond acceptors (Lipinski definition) is 10. The summed E-state index contributed by atoms with van der Waals surface area (Å²) in [7, 11) is 0. The predicted molar refractivity (Wildman–Crippen MR) is 456 cm³/mol. The van der Waals surface area contributed by atoms with Gasteiger partial charge in [0.25, 0.3) is 0 Å². The molecule has 20 aromatic rings. The van der Waals surface area contributed by atoms with Crippen molar-refractivity contribution in [3.8, 4) is 169 Å². The molecule has 10 nitrogen and oxygen atoms in total. The molecule has 20 rings (SSSR count).